The van der Waals surface area contributed by atoms with Crippen LogP contribution in [0.15, 0.2) is 18.2 Å². The summed E-state index contributed by atoms with van der Waals surface area (Å²) in [6.45, 7) is 2.41. The summed E-state index contributed by atoms with van der Waals surface area (Å²) in [6, 6.07) is 4.90. The lowest BCUT2D eigenvalue weighted by Gasteiger charge is -2.01. The number of nitrogens with two attached hydrogens (primary N) is 1. The number of nitrogen functional groups attached to an aromatic ring is 1. The maximum absolute atomic E-state index is 13.3. The van der Waals surface area contributed by atoms with Crippen molar-refractivity contribution in [2.24, 2.45) is 0 Å². The predicted molar refractivity (Wildman–Crippen MR) is 57.4 cm³/mol. The first-order valence-electron chi connectivity index (χ1n) is 4.33. The molecule has 2 nitrogen and oxygen atoms in total. The largest absolute Gasteiger partial charge is 0.490 e. The Balaban J connectivity index is 2.70. The first-order valence-corrected chi connectivity index (χ1v) is 5.15. The van der Waals surface area contributed by atoms with Crippen molar-refractivity contribution in [2.45, 2.75) is 6.92 Å². The van der Waals surface area contributed by atoms with Crippen LogP contribution in [-0.2, 0) is 0 Å². The number of hydrogen-bond acceptors (Lipinski definition) is 3. The van der Waals surface area contributed by atoms with Gasteiger partial charge >= 0.3 is 0 Å². The van der Waals surface area contributed by atoms with Crippen molar-refractivity contribution in [3.63, 3.8) is 0 Å². The molecule has 0 unspecified atom stereocenters. The molecule has 2 N–H and O–H groups in total. The molecule has 1 heterocycles. The van der Waals surface area contributed by atoms with Crippen LogP contribution in [0, 0.1) is 5.82 Å². The Kier molecular flexibility index (Phi) is 2.29. The molecule has 0 radical (unpaired) electrons. The number of rotatable bonds is 2. The molecule has 0 aliphatic rings. The molecule has 2 aromatic rings. The second kappa shape index (κ2) is 3.46. The Bertz CT molecular complexity index is 466. The molecule has 0 saturated heterocycles. The van der Waals surface area contributed by atoms with Crippen LogP contribution < -0.4 is 10.5 Å². The Labute approximate surface area is 85.1 Å². The molecule has 1 aromatic heterocycles. The molecule has 0 aliphatic carbocycles. The van der Waals surface area contributed by atoms with Gasteiger partial charge in [-0.25, -0.2) is 4.39 Å². The molecule has 4 heteroatoms. The lowest BCUT2D eigenvalue weighted by atomic mass is 10.2. The third-order valence-electron chi connectivity index (χ3n) is 1.94. The maximum Gasteiger partial charge on any atom is 0.161 e. The van der Waals surface area contributed by atoms with Crippen molar-refractivity contribution in [2.75, 3.05) is 12.3 Å². The SMILES string of the molecule is CCOc1c(N)sc2c(F)cccc12. The number of hydrogen-bond donors (Lipinski definition) is 1. The van der Waals surface area contributed by atoms with Gasteiger partial charge in [-0.2, -0.15) is 0 Å². The number of anilines is 1. The summed E-state index contributed by atoms with van der Waals surface area (Å²) in [6.07, 6.45) is 0. The quantitative estimate of drug-likeness (QED) is 0.828. The van der Waals surface area contributed by atoms with Gasteiger partial charge in [-0.1, -0.05) is 6.07 Å². The zero-order chi connectivity index (χ0) is 10.1. The topological polar surface area (TPSA) is 35.2 Å². The Morgan fingerprint density at radius 2 is 2.29 bits per heavy atom. The third-order valence-corrected chi connectivity index (χ3v) is 2.96. The average molecular weight is 211 g/mol. The number of benzene rings is 1. The highest BCUT2D eigenvalue weighted by Gasteiger charge is 2.12. The van der Waals surface area contributed by atoms with Gasteiger partial charge < -0.3 is 10.5 Å². The summed E-state index contributed by atoms with van der Waals surface area (Å²) < 4.78 is 19.2. The molecule has 2 rings (SSSR count). The smallest absolute Gasteiger partial charge is 0.161 e. The maximum atomic E-state index is 13.3. The number of thiophene rings is 1. The van der Waals surface area contributed by atoms with Gasteiger partial charge in [0.2, 0.25) is 0 Å². The van der Waals surface area contributed by atoms with Gasteiger partial charge in [-0.15, -0.1) is 11.3 Å². The minimum Gasteiger partial charge on any atom is -0.490 e. The summed E-state index contributed by atoms with van der Waals surface area (Å²) in [5, 5.41) is 1.29. The van der Waals surface area contributed by atoms with Crippen molar-refractivity contribution < 1.29 is 9.13 Å². The highest BCUT2D eigenvalue weighted by Crippen LogP contribution is 2.40. The number of ether oxygens (including phenoxy) is 1. The van der Waals surface area contributed by atoms with E-state index in [4.69, 9.17) is 10.5 Å². The minimum absolute atomic E-state index is 0.245. The number of fused-ring (bicyclic) bond motifs is 1. The van der Waals surface area contributed by atoms with E-state index in [0.717, 1.165) is 5.39 Å². The van der Waals surface area contributed by atoms with Crippen LogP contribution in [0.25, 0.3) is 10.1 Å². The van der Waals surface area contributed by atoms with E-state index in [1.807, 2.05) is 13.0 Å². The van der Waals surface area contributed by atoms with E-state index in [-0.39, 0.29) is 5.82 Å². The van der Waals surface area contributed by atoms with Crippen LogP contribution in [0.5, 0.6) is 5.75 Å². The Hall–Kier alpha value is -1.29. The Morgan fingerprint density at radius 3 is 3.00 bits per heavy atom. The summed E-state index contributed by atoms with van der Waals surface area (Å²) in [5.41, 5.74) is 5.74. The molecule has 0 amide bonds. The average Bonchev–Trinajstić information content (AvgIpc) is 2.47. The fraction of sp³-hybridized carbons (Fsp3) is 0.200. The van der Waals surface area contributed by atoms with Crippen LogP contribution >= 0.6 is 11.3 Å². The highest BCUT2D eigenvalue weighted by atomic mass is 32.1. The highest BCUT2D eigenvalue weighted by molar-refractivity contribution is 7.23. The van der Waals surface area contributed by atoms with Crippen LogP contribution in [-0.4, -0.2) is 6.61 Å². The van der Waals surface area contributed by atoms with E-state index in [2.05, 4.69) is 0 Å². The van der Waals surface area contributed by atoms with Gasteiger partial charge in [0.15, 0.2) is 5.75 Å². The van der Waals surface area contributed by atoms with E-state index in [1.165, 1.54) is 17.4 Å². The first kappa shape index (κ1) is 9.27. The molecule has 0 bridgehead atoms. The Morgan fingerprint density at radius 1 is 1.50 bits per heavy atom. The van der Waals surface area contributed by atoms with E-state index < -0.39 is 0 Å². The molecule has 0 spiro atoms. The molecule has 0 fully saturated rings. The van der Waals surface area contributed by atoms with Gasteiger partial charge in [0.05, 0.1) is 11.3 Å². The van der Waals surface area contributed by atoms with Crippen molar-refractivity contribution in [3.05, 3.63) is 24.0 Å². The van der Waals surface area contributed by atoms with E-state index >= 15 is 0 Å². The molecule has 0 saturated carbocycles. The van der Waals surface area contributed by atoms with E-state index in [0.29, 0.717) is 22.1 Å². The van der Waals surface area contributed by atoms with Gasteiger partial charge in [0.1, 0.15) is 10.8 Å². The third kappa shape index (κ3) is 1.32. The molecule has 14 heavy (non-hydrogen) atoms. The molecule has 1 aromatic carbocycles. The molecule has 74 valence electrons. The molecule has 0 atom stereocenters. The lowest BCUT2D eigenvalue weighted by molar-refractivity contribution is 0.347. The van der Waals surface area contributed by atoms with Crippen molar-refractivity contribution >= 4 is 26.4 Å². The second-order valence-electron chi connectivity index (χ2n) is 2.84. The summed E-state index contributed by atoms with van der Waals surface area (Å²) in [4.78, 5) is 0. The van der Waals surface area contributed by atoms with E-state index in [1.54, 1.807) is 6.07 Å². The summed E-state index contributed by atoms with van der Waals surface area (Å²) in [5.74, 6) is 0.358. The fourth-order valence-electron chi connectivity index (χ4n) is 1.37. The zero-order valence-electron chi connectivity index (χ0n) is 7.71. The first-order chi connectivity index (χ1) is 6.74. The standard InChI is InChI=1S/C10H10FNOS/c1-2-13-8-6-4-3-5-7(11)9(6)14-10(8)12/h3-5H,2,12H2,1H3. The lowest BCUT2D eigenvalue weighted by Crippen LogP contribution is -1.93. The molecule has 0 aliphatic heterocycles. The van der Waals surface area contributed by atoms with Crippen LogP contribution in [0.4, 0.5) is 9.39 Å². The van der Waals surface area contributed by atoms with Crippen molar-refractivity contribution in [1.29, 1.82) is 0 Å². The monoisotopic (exact) mass is 211 g/mol. The minimum atomic E-state index is -0.245. The fourth-order valence-corrected chi connectivity index (χ4v) is 2.29. The van der Waals surface area contributed by atoms with Crippen LogP contribution in [0.2, 0.25) is 0 Å². The normalized spacial score (nSPS) is 10.7. The molecular formula is C10H10FNOS. The van der Waals surface area contributed by atoms with Gasteiger partial charge in [-0.3, -0.25) is 0 Å². The zero-order valence-corrected chi connectivity index (χ0v) is 8.53. The second-order valence-corrected chi connectivity index (χ2v) is 3.90. The predicted octanol–water partition coefficient (Wildman–Crippen LogP) is 3.02. The van der Waals surface area contributed by atoms with Crippen LogP contribution in [0.3, 0.4) is 0 Å². The van der Waals surface area contributed by atoms with Gasteiger partial charge in [-0.05, 0) is 19.1 Å². The van der Waals surface area contributed by atoms with E-state index in [9.17, 15) is 4.39 Å². The molecular weight excluding hydrogens is 201 g/mol. The number of halogens is 1. The van der Waals surface area contributed by atoms with Gasteiger partial charge in [0.25, 0.3) is 0 Å². The van der Waals surface area contributed by atoms with Crippen molar-refractivity contribution in [1.82, 2.24) is 0 Å². The summed E-state index contributed by atoms with van der Waals surface area (Å²) in [7, 11) is 0. The summed E-state index contributed by atoms with van der Waals surface area (Å²) >= 11 is 1.22. The van der Waals surface area contributed by atoms with Crippen LogP contribution in [0.1, 0.15) is 6.92 Å². The van der Waals surface area contributed by atoms with Gasteiger partial charge in [0, 0.05) is 5.39 Å². The van der Waals surface area contributed by atoms with Crippen molar-refractivity contribution in [3.8, 4) is 5.75 Å².